The lowest BCUT2D eigenvalue weighted by atomic mass is 10.0. The first-order valence-corrected chi connectivity index (χ1v) is 7.85. The van der Waals surface area contributed by atoms with Crippen molar-refractivity contribution in [3.8, 4) is 0 Å². The Morgan fingerprint density at radius 3 is 2.65 bits per heavy atom. The summed E-state index contributed by atoms with van der Waals surface area (Å²) in [5, 5.41) is 4.20. The van der Waals surface area contributed by atoms with E-state index in [2.05, 4.69) is 20.0 Å². The van der Waals surface area contributed by atoms with Crippen LogP contribution in [-0.4, -0.2) is 56.7 Å². The monoisotopic (exact) mass is 314 g/mol. The summed E-state index contributed by atoms with van der Waals surface area (Å²) < 4.78 is 1.65. The van der Waals surface area contributed by atoms with E-state index < -0.39 is 0 Å². The lowest BCUT2D eigenvalue weighted by molar-refractivity contribution is 0.0702. The molecule has 3 rings (SSSR count). The van der Waals surface area contributed by atoms with Crippen LogP contribution in [0.1, 0.15) is 29.0 Å². The van der Waals surface area contributed by atoms with Crippen molar-refractivity contribution in [3.63, 3.8) is 0 Å². The van der Waals surface area contributed by atoms with E-state index in [1.54, 1.807) is 29.3 Å². The van der Waals surface area contributed by atoms with Gasteiger partial charge in [0.15, 0.2) is 0 Å². The normalized spacial score (nSPS) is 15.7. The molecule has 0 aromatic carbocycles. The van der Waals surface area contributed by atoms with Crippen molar-refractivity contribution in [3.05, 3.63) is 36.0 Å². The number of carbonyl (C=O) groups excluding carboxylic acids is 1. The lowest BCUT2D eigenvalue weighted by Gasteiger charge is -2.37. The summed E-state index contributed by atoms with van der Waals surface area (Å²) in [6.07, 6.45) is 7.20. The molecule has 1 amide bonds. The number of aryl methyl sites for hydroxylation is 2. The maximum Gasteiger partial charge on any atom is 0.274 e. The van der Waals surface area contributed by atoms with Crippen LogP contribution in [0.2, 0.25) is 0 Å². The molecule has 2 aromatic heterocycles. The van der Waals surface area contributed by atoms with Gasteiger partial charge in [-0.1, -0.05) is 0 Å². The first kappa shape index (κ1) is 15.5. The van der Waals surface area contributed by atoms with E-state index in [0.717, 1.165) is 37.4 Å². The smallest absolute Gasteiger partial charge is 0.274 e. The fraction of sp³-hybridized carbons (Fsp3) is 0.500. The van der Waals surface area contributed by atoms with Gasteiger partial charge in [-0.3, -0.25) is 14.5 Å². The Morgan fingerprint density at radius 2 is 2.04 bits per heavy atom. The average Bonchev–Trinajstić information content (AvgIpc) is 3.00. The molecule has 0 radical (unpaired) electrons. The highest BCUT2D eigenvalue weighted by molar-refractivity contribution is 5.92. The molecule has 7 nitrogen and oxygen atoms in total. The molecular weight excluding hydrogens is 292 g/mol. The highest BCUT2D eigenvalue weighted by Gasteiger charge is 2.27. The molecule has 0 spiro atoms. The van der Waals surface area contributed by atoms with E-state index in [0.29, 0.717) is 5.69 Å². The number of piperidine rings is 1. The molecule has 0 bridgehead atoms. The van der Waals surface area contributed by atoms with Gasteiger partial charge in [0.05, 0.1) is 11.9 Å². The fourth-order valence-corrected chi connectivity index (χ4v) is 2.96. The van der Waals surface area contributed by atoms with Crippen LogP contribution in [0.25, 0.3) is 0 Å². The molecule has 0 N–H and O–H groups in total. The molecule has 1 aliphatic rings. The zero-order chi connectivity index (χ0) is 16.4. The van der Waals surface area contributed by atoms with Gasteiger partial charge < -0.3 is 9.80 Å². The summed E-state index contributed by atoms with van der Waals surface area (Å²) >= 11 is 0. The molecule has 0 atom stereocenters. The summed E-state index contributed by atoms with van der Waals surface area (Å²) in [6.45, 7) is 3.70. The van der Waals surface area contributed by atoms with Crippen molar-refractivity contribution in [2.45, 2.75) is 25.8 Å². The Morgan fingerprint density at radius 1 is 1.30 bits per heavy atom. The number of amides is 1. The Bertz CT molecular complexity index is 689. The van der Waals surface area contributed by atoms with E-state index in [1.807, 2.05) is 25.9 Å². The van der Waals surface area contributed by atoms with E-state index >= 15 is 0 Å². The maximum absolute atomic E-state index is 12.5. The van der Waals surface area contributed by atoms with Gasteiger partial charge in [-0.2, -0.15) is 5.10 Å². The highest BCUT2D eigenvalue weighted by Crippen LogP contribution is 2.21. The van der Waals surface area contributed by atoms with Crippen molar-refractivity contribution in [1.82, 2.24) is 24.6 Å². The number of carbonyl (C=O) groups is 1. The molecule has 0 unspecified atom stereocenters. The van der Waals surface area contributed by atoms with Crippen LogP contribution >= 0.6 is 0 Å². The number of hydrogen-bond acceptors (Lipinski definition) is 5. The van der Waals surface area contributed by atoms with Crippen molar-refractivity contribution in [1.29, 1.82) is 0 Å². The molecule has 1 aliphatic heterocycles. The Balaban J connectivity index is 1.61. The minimum absolute atomic E-state index is 0.0144. The third-order valence-corrected chi connectivity index (χ3v) is 4.33. The lowest BCUT2D eigenvalue weighted by Crippen LogP contribution is -2.46. The number of aromatic nitrogens is 4. The molecular formula is C16H22N6O. The largest absolute Gasteiger partial charge is 0.355 e. The molecule has 23 heavy (non-hydrogen) atoms. The van der Waals surface area contributed by atoms with Crippen LogP contribution in [-0.2, 0) is 7.05 Å². The van der Waals surface area contributed by atoms with Crippen LogP contribution < -0.4 is 4.90 Å². The summed E-state index contributed by atoms with van der Waals surface area (Å²) in [7, 11) is 3.68. The van der Waals surface area contributed by atoms with Crippen LogP contribution in [0.4, 0.5) is 5.82 Å². The molecule has 7 heteroatoms. The highest BCUT2D eigenvalue weighted by atomic mass is 16.2. The Hall–Kier alpha value is -2.44. The van der Waals surface area contributed by atoms with E-state index in [-0.39, 0.29) is 11.9 Å². The maximum atomic E-state index is 12.5. The van der Waals surface area contributed by atoms with Crippen LogP contribution in [0.5, 0.6) is 0 Å². The minimum atomic E-state index is -0.0144. The molecule has 2 aromatic rings. The van der Waals surface area contributed by atoms with Gasteiger partial charge in [0.2, 0.25) is 0 Å². The standard InChI is InChI=1S/C16H22N6O/c1-12-10-17-11-15(18-12)22-8-4-13(5-9-22)21(3)16(23)14-6-7-20(2)19-14/h6-7,10-11,13H,4-5,8-9H2,1-3H3. The fourth-order valence-electron chi connectivity index (χ4n) is 2.96. The average molecular weight is 314 g/mol. The van der Waals surface area contributed by atoms with Gasteiger partial charge in [0, 0.05) is 45.6 Å². The van der Waals surface area contributed by atoms with Crippen LogP contribution in [0, 0.1) is 6.92 Å². The summed E-state index contributed by atoms with van der Waals surface area (Å²) in [5.74, 6) is 0.904. The zero-order valence-corrected chi connectivity index (χ0v) is 13.8. The number of anilines is 1. The third-order valence-electron chi connectivity index (χ3n) is 4.33. The molecule has 122 valence electrons. The van der Waals surface area contributed by atoms with Crippen molar-refractivity contribution >= 4 is 11.7 Å². The summed E-state index contributed by atoms with van der Waals surface area (Å²) in [4.78, 5) is 25.2. The molecule has 0 saturated carbocycles. The second-order valence-electron chi connectivity index (χ2n) is 6.03. The van der Waals surface area contributed by atoms with Gasteiger partial charge in [-0.15, -0.1) is 0 Å². The van der Waals surface area contributed by atoms with Gasteiger partial charge >= 0.3 is 0 Å². The van der Waals surface area contributed by atoms with Crippen LogP contribution in [0.3, 0.4) is 0 Å². The second kappa shape index (κ2) is 6.36. The minimum Gasteiger partial charge on any atom is -0.355 e. The topological polar surface area (TPSA) is 67.2 Å². The van der Waals surface area contributed by atoms with Crippen molar-refractivity contribution < 1.29 is 4.79 Å². The first-order valence-electron chi connectivity index (χ1n) is 7.85. The Labute approximate surface area is 135 Å². The zero-order valence-electron chi connectivity index (χ0n) is 13.8. The molecule has 0 aliphatic carbocycles. The van der Waals surface area contributed by atoms with Gasteiger partial charge in [0.25, 0.3) is 5.91 Å². The van der Waals surface area contributed by atoms with Crippen molar-refractivity contribution in [2.75, 3.05) is 25.0 Å². The van der Waals surface area contributed by atoms with E-state index in [9.17, 15) is 4.79 Å². The molecule has 1 saturated heterocycles. The SMILES string of the molecule is Cc1cncc(N2CCC(N(C)C(=O)c3ccn(C)n3)CC2)n1. The Kier molecular flexibility index (Phi) is 4.27. The van der Waals surface area contributed by atoms with E-state index in [1.165, 1.54) is 0 Å². The summed E-state index contributed by atoms with van der Waals surface area (Å²) in [5.41, 5.74) is 1.43. The van der Waals surface area contributed by atoms with E-state index in [4.69, 9.17) is 0 Å². The second-order valence-corrected chi connectivity index (χ2v) is 6.03. The molecule has 3 heterocycles. The predicted molar refractivity (Wildman–Crippen MR) is 87.3 cm³/mol. The number of hydrogen-bond donors (Lipinski definition) is 0. The quantitative estimate of drug-likeness (QED) is 0.853. The number of rotatable bonds is 3. The van der Waals surface area contributed by atoms with Gasteiger partial charge in [0.1, 0.15) is 11.5 Å². The molecule has 1 fully saturated rings. The van der Waals surface area contributed by atoms with Gasteiger partial charge in [-0.25, -0.2) is 4.98 Å². The predicted octanol–water partition coefficient (Wildman–Crippen LogP) is 1.26. The number of nitrogens with zero attached hydrogens (tertiary/aromatic N) is 6. The van der Waals surface area contributed by atoms with Crippen molar-refractivity contribution in [2.24, 2.45) is 7.05 Å². The van der Waals surface area contributed by atoms with Gasteiger partial charge in [-0.05, 0) is 25.8 Å². The summed E-state index contributed by atoms with van der Waals surface area (Å²) in [6, 6.07) is 1.99. The third kappa shape index (κ3) is 3.33. The van der Waals surface area contributed by atoms with Crippen LogP contribution in [0.15, 0.2) is 24.7 Å². The first-order chi connectivity index (χ1) is 11.0.